The second-order valence-corrected chi connectivity index (χ2v) is 6.67. The molecule has 2 N–H and O–H groups in total. The number of nitrogens with one attached hydrogen (secondary N) is 1. The average Bonchev–Trinajstić information content (AvgIpc) is 2.71. The number of thiophene rings is 1. The highest BCUT2D eigenvalue weighted by atomic mass is 32.2. The van der Waals surface area contributed by atoms with Gasteiger partial charge in [-0.15, -0.1) is 11.3 Å². The van der Waals surface area contributed by atoms with Crippen molar-refractivity contribution >= 4 is 33.0 Å². The van der Waals surface area contributed by atoms with Crippen molar-refractivity contribution in [2.75, 3.05) is 4.72 Å². The highest BCUT2D eigenvalue weighted by molar-refractivity contribution is 7.93. The molecule has 0 aliphatic heterocycles. The van der Waals surface area contributed by atoms with Crippen molar-refractivity contribution in [3.05, 3.63) is 39.8 Å². The lowest BCUT2D eigenvalue weighted by molar-refractivity contribution is 0.0698. The Morgan fingerprint density at radius 3 is 2.70 bits per heavy atom. The van der Waals surface area contributed by atoms with Crippen LogP contribution in [0.2, 0.25) is 0 Å². The van der Waals surface area contributed by atoms with Crippen molar-refractivity contribution in [3.63, 3.8) is 0 Å². The Morgan fingerprint density at radius 2 is 2.10 bits per heavy atom. The van der Waals surface area contributed by atoms with E-state index in [4.69, 9.17) is 5.11 Å². The number of anilines is 1. The molecule has 0 atom stereocenters. The minimum absolute atomic E-state index is 0.190. The van der Waals surface area contributed by atoms with Crippen molar-refractivity contribution in [3.8, 4) is 0 Å². The lowest BCUT2D eigenvalue weighted by Gasteiger charge is -2.09. The Morgan fingerprint density at radius 1 is 1.40 bits per heavy atom. The van der Waals surface area contributed by atoms with Gasteiger partial charge in [0.05, 0.1) is 5.69 Å². The van der Waals surface area contributed by atoms with Crippen LogP contribution in [0.4, 0.5) is 5.69 Å². The lowest BCUT2D eigenvalue weighted by atomic mass is 10.3. The Bertz CT molecular complexity index is 766. The summed E-state index contributed by atoms with van der Waals surface area (Å²) >= 11 is 0.894. The molecule has 0 unspecified atom stereocenters. The topological polar surface area (TPSA) is 96.4 Å². The number of carboxylic acid groups (broad SMARTS) is 1. The Balaban J connectivity index is 2.46. The van der Waals surface area contributed by atoms with Crippen LogP contribution in [0.25, 0.3) is 0 Å². The van der Waals surface area contributed by atoms with Crippen molar-refractivity contribution in [1.82, 2.24) is 4.98 Å². The van der Waals surface area contributed by atoms with Crippen LogP contribution in [0, 0.1) is 13.8 Å². The number of hydrogen-bond donors (Lipinski definition) is 2. The summed E-state index contributed by atoms with van der Waals surface area (Å²) in [5.74, 6) is -1.26. The van der Waals surface area contributed by atoms with Gasteiger partial charge < -0.3 is 5.11 Å². The van der Waals surface area contributed by atoms with Gasteiger partial charge in [-0.1, -0.05) is 0 Å². The molecular weight excluding hydrogens is 300 g/mol. The fourth-order valence-electron chi connectivity index (χ4n) is 1.73. The molecule has 0 aliphatic rings. The smallest absolute Gasteiger partial charge is 0.347 e. The summed E-state index contributed by atoms with van der Waals surface area (Å²) in [5.41, 5.74) is 1.41. The van der Waals surface area contributed by atoms with Gasteiger partial charge in [-0.25, -0.2) is 13.2 Å². The first-order valence-electron chi connectivity index (χ1n) is 5.58. The minimum Gasteiger partial charge on any atom is -0.477 e. The summed E-state index contributed by atoms with van der Waals surface area (Å²) in [7, 11) is -3.94. The first kappa shape index (κ1) is 14.5. The number of aromatic nitrogens is 1. The third-order valence-corrected chi connectivity index (χ3v) is 5.31. The predicted molar refractivity (Wildman–Crippen MR) is 75.8 cm³/mol. The summed E-state index contributed by atoms with van der Waals surface area (Å²) < 4.78 is 27.0. The molecule has 2 rings (SSSR count). The Labute approximate surface area is 120 Å². The van der Waals surface area contributed by atoms with E-state index in [-0.39, 0.29) is 9.77 Å². The van der Waals surface area contributed by atoms with Crippen molar-refractivity contribution in [2.45, 2.75) is 18.7 Å². The van der Waals surface area contributed by atoms with Gasteiger partial charge in [-0.05, 0) is 36.9 Å². The quantitative estimate of drug-likeness (QED) is 0.902. The third-order valence-electron chi connectivity index (χ3n) is 2.53. The highest BCUT2D eigenvalue weighted by Gasteiger charge is 2.26. The molecule has 20 heavy (non-hydrogen) atoms. The number of carboxylic acids is 1. The molecule has 0 fully saturated rings. The standard InChI is InChI=1S/C12H12N2O4S2/c1-7-6-19-10(12(15)16)11(7)20(17,18)14-9-3-4-13-8(2)5-9/h3-6H,1-2H3,(H,13,14)(H,15,16). The van der Waals surface area contributed by atoms with Gasteiger partial charge in [0.2, 0.25) is 0 Å². The molecule has 2 aromatic rings. The molecule has 0 saturated carbocycles. The van der Waals surface area contributed by atoms with E-state index in [1.165, 1.54) is 17.6 Å². The largest absolute Gasteiger partial charge is 0.477 e. The predicted octanol–water partition coefficient (Wildman–Crippen LogP) is 2.26. The molecule has 0 bridgehead atoms. The average molecular weight is 312 g/mol. The van der Waals surface area contributed by atoms with Crippen LogP contribution in [0.3, 0.4) is 0 Å². The van der Waals surface area contributed by atoms with Gasteiger partial charge in [-0.2, -0.15) is 0 Å². The fourth-order valence-corrected chi connectivity index (χ4v) is 4.41. The van der Waals surface area contributed by atoms with Crippen LogP contribution < -0.4 is 4.72 Å². The molecular formula is C12H12N2O4S2. The maximum Gasteiger partial charge on any atom is 0.347 e. The fraction of sp³-hybridized carbons (Fsp3) is 0.167. The number of aromatic carboxylic acids is 1. The van der Waals surface area contributed by atoms with Gasteiger partial charge in [0.15, 0.2) is 0 Å². The van der Waals surface area contributed by atoms with Crippen LogP contribution in [-0.4, -0.2) is 24.5 Å². The molecule has 0 radical (unpaired) electrons. The second kappa shape index (κ2) is 5.22. The second-order valence-electron chi connectivity index (χ2n) is 4.17. The molecule has 0 aliphatic carbocycles. The normalized spacial score (nSPS) is 11.3. The van der Waals surface area contributed by atoms with E-state index in [0.29, 0.717) is 16.9 Å². The molecule has 106 valence electrons. The maximum atomic E-state index is 12.3. The molecule has 2 heterocycles. The van der Waals surface area contributed by atoms with Crippen LogP contribution >= 0.6 is 11.3 Å². The van der Waals surface area contributed by atoms with E-state index < -0.39 is 16.0 Å². The Kier molecular flexibility index (Phi) is 3.78. The lowest BCUT2D eigenvalue weighted by Crippen LogP contribution is -2.16. The number of nitrogens with zero attached hydrogens (tertiary/aromatic N) is 1. The van der Waals surface area contributed by atoms with E-state index in [1.54, 1.807) is 19.9 Å². The zero-order valence-electron chi connectivity index (χ0n) is 10.7. The van der Waals surface area contributed by atoms with Crippen LogP contribution in [0.1, 0.15) is 20.9 Å². The van der Waals surface area contributed by atoms with Gasteiger partial charge in [0.25, 0.3) is 10.0 Å². The van der Waals surface area contributed by atoms with Crippen molar-refractivity contribution < 1.29 is 18.3 Å². The van der Waals surface area contributed by atoms with Gasteiger partial charge in [0.1, 0.15) is 9.77 Å². The maximum absolute atomic E-state index is 12.3. The number of pyridine rings is 1. The zero-order chi connectivity index (χ0) is 14.9. The first-order chi connectivity index (χ1) is 9.31. The molecule has 0 aromatic carbocycles. The summed E-state index contributed by atoms with van der Waals surface area (Å²) in [6.45, 7) is 3.30. The summed E-state index contributed by atoms with van der Waals surface area (Å²) in [6, 6.07) is 3.08. The minimum atomic E-state index is -3.94. The van der Waals surface area contributed by atoms with Crippen LogP contribution in [0.5, 0.6) is 0 Å². The van der Waals surface area contributed by atoms with Crippen molar-refractivity contribution in [2.24, 2.45) is 0 Å². The summed E-state index contributed by atoms with van der Waals surface area (Å²) in [6.07, 6.45) is 1.48. The first-order valence-corrected chi connectivity index (χ1v) is 7.94. The van der Waals surface area contributed by atoms with Gasteiger partial charge >= 0.3 is 5.97 Å². The van der Waals surface area contributed by atoms with E-state index >= 15 is 0 Å². The number of carbonyl (C=O) groups is 1. The van der Waals surface area contributed by atoms with Crippen molar-refractivity contribution in [1.29, 1.82) is 0 Å². The van der Waals surface area contributed by atoms with E-state index in [0.717, 1.165) is 11.3 Å². The summed E-state index contributed by atoms with van der Waals surface area (Å²) in [5, 5.41) is 10.6. The highest BCUT2D eigenvalue weighted by Crippen LogP contribution is 2.28. The van der Waals surface area contributed by atoms with E-state index in [2.05, 4.69) is 9.71 Å². The number of rotatable bonds is 4. The van der Waals surface area contributed by atoms with Gasteiger partial charge in [0, 0.05) is 11.9 Å². The molecule has 0 saturated heterocycles. The molecule has 0 amide bonds. The number of hydrogen-bond acceptors (Lipinski definition) is 5. The molecule has 8 heteroatoms. The third kappa shape index (κ3) is 2.81. The van der Waals surface area contributed by atoms with E-state index in [1.807, 2.05) is 0 Å². The molecule has 2 aromatic heterocycles. The zero-order valence-corrected chi connectivity index (χ0v) is 12.4. The molecule has 0 spiro atoms. The monoisotopic (exact) mass is 312 g/mol. The SMILES string of the molecule is Cc1cc(NS(=O)(=O)c2c(C)csc2C(=O)O)ccn1. The number of sulfonamides is 1. The number of aryl methyl sites for hydroxylation is 2. The van der Waals surface area contributed by atoms with Crippen LogP contribution in [-0.2, 0) is 10.0 Å². The van der Waals surface area contributed by atoms with Gasteiger partial charge in [-0.3, -0.25) is 9.71 Å². The Hall–Kier alpha value is -1.93. The molecule has 6 nitrogen and oxygen atoms in total. The van der Waals surface area contributed by atoms with Crippen LogP contribution in [0.15, 0.2) is 28.6 Å². The summed E-state index contributed by atoms with van der Waals surface area (Å²) in [4.78, 5) is 14.7. The van der Waals surface area contributed by atoms with E-state index in [9.17, 15) is 13.2 Å².